The highest BCUT2D eigenvalue weighted by molar-refractivity contribution is 5.98. The third-order valence-electron chi connectivity index (χ3n) is 3.91. The Morgan fingerprint density at radius 1 is 1.10 bits per heavy atom. The second-order valence-electron chi connectivity index (χ2n) is 5.26. The van der Waals surface area contributed by atoms with Crippen LogP contribution >= 0.6 is 0 Å². The van der Waals surface area contributed by atoms with Crippen LogP contribution < -0.4 is 0 Å². The molecule has 1 N–H and O–H groups in total. The maximum absolute atomic E-state index is 12.3. The smallest absolute Gasteiger partial charge is 0.306 e. The summed E-state index contributed by atoms with van der Waals surface area (Å²) in [5.41, 5.74) is 1.15. The number of carbonyl (C=O) groups is 3. The number of nitrogens with zero attached hydrogens (tertiary/aromatic N) is 1. The summed E-state index contributed by atoms with van der Waals surface area (Å²) in [5.74, 6) is -1.19. The minimum Gasteiger partial charge on any atom is -0.481 e. The number of amides is 1. The van der Waals surface area contributed by atoms with Crippen molar-refractivity contribution in [3.63, 3.8) is 0 Å². The van der Waals surface area contributed by atoms with E-state index in [0.29, 0.717) is 43.5 Å². The Kier molecular flexibility index (Phi) is 4.73. The first-order chi connectivity index (χ1) is 10.0. The summed E-state index contributed by atoms with van der Waals surface area (Å²) in [6, 6.07) is 6.66. The van der Waals surface area contributed by atoms with Gasteiger partial charge in [0.25, 0.3) is 5.91 Å². The molecule has 1 fully saturated rings. The maximum Gasteiger partial charge on any atom is 0.306 e. The predicted octanol–water partition coefficient (Wildman–Crippen LogP) is 2.22. The number of carboxylic acids is 1. The van der Waals surface area contributed by atoms with Gasteiger partial charge in [0.15, 0.2) is 5.78 Å². The number of likely N-dealkylation sites (tertiary alicyclic amines) is 1. The van der Waals surface area contributed by atoms with E-state index in [1.165, 1.54) is 0 Å². The lowest BCUT2D eigenvalue weighted by molar-refractivity contribution is -0.143. The first kappa shape index (κ1) is 15.2. The molecule has 1 aliphatic rings. The molecular weight excluding hydrogens is 270 g/mol. The lowest BCUT2D eigenvalue weighted by Crippen LogP contribution is -2.40. The van der Waals surface area contributed by atoms with Gasteiger partial charge in [0.05, 0.1) is 5.92 Å². The first-order valence-corrected chi connectivity index (χ1v) is 7.18. The van der Waals surface area contributed by atoms with Gasteiger partial charge in [-0.2, -0.15) is 0 Å². The highest BCUT2D eigenvalue weighted by Gasteiger charge is 2.27. The predicted molar refractivity (Wildman–Crippen MR) is 77.3 cm³/mol. The summed E-state index contributed by atoms with van der Waals surface area (Å²) < 4.78 is 0. The van der Waals surface area contributed by atoms with Crippen LogP contribution in [0.15, 0.2) is 24.3 Å². The molecule has 1 amide bonds. The van der Waals surface area contributed by atoms with Crippen molar-refractivity contribution in [3.05, 3.63) is 35.4 Å². The molecule has 112 valence electrons. The Labute approximate surface area is 123 Å². The van der Waals surface area contributed by atoms with Crippen LogP contribution in [0.5, 0.6) is 0 Å². The van der Waals surface area contributed by atoms with E-state index < -0.39 is 5.97 Å². The van der Waals surface area contributed by atoms with Gasteiger partial charge in [-0.15, -0.1) is 0 Å². The number of Topliss-reactive ketones (excluding diaryl/α,β-unsaturated/α-hetero) is 1. The Morgan fingerprint density at radius 2 is 1.62 bits per heavy atom. The SMILES string of the molecule is CCC(=O)c1ccc(C(=O)N2CCC(C(=O)O)CC2)cc1. The monoisotopic (exact) mass is 289 g/mol. The Hall–Kier alpha value is -2.17. The van der Waals surface area contributed by atoms with Gasteiger partial charge in [0, 0.05) is 30.6 Å². The molecule has 1 aromatic rings. The Bertz CT molecular complexity index is 542. The average molecular weight is 289 g/mol. The average Bonchev–Trinajstić information content (AvgIpc) is 2.53. The minimum absolute atomic E-state index is 0.0521. The van der Waals surface area contributed by atoms with Gasteiger partial charge in [-0.1, -0.05) is 19.1 Å². The highest BCUT2D eigenvalue weighted by Crippen LogP contribution is 2.19. The molecule has 0 atom stereocenters. The van der Waals surface area contributed by atoms with Crippen LogP contribution in [-0.4, -0.2) is 40.8 Å². The minimum atomic E-state index is -0.787. The van der Waals surface area contributed by atoms with E-state index in [4.69, 9.17) is 5.11 Å². The molecule has 1 aliphatic heterocycles. The zero-order valence-corrected chi connectivity index (χ0v) is 12.0. The van der Waals surface area contributed by atoms with Crippen molar-refractivity contribution < 1.29 is 19.5 Å². The summed E-state index contributed by atoms with van der Waals surface area (Å²) in [7, 11) is 0. The quantitative estimate of drug-likeness (QED) is 0.862. The summed E-state index contributed by atoms with van der Waals surface area (Å²) >= 11 is 0. The van der Waals surface area contributed by atoms with Crippen molar-refractivity contribution in [2.24, 2.45) is 5.92 Å². The van der Waals surface area contributed by atoms with E-state index >= 15 is 0 Å². The van der Waals surface area contributed by atoms with Crippen molar-refractivity contribution in [2.75, 3.05) is 13.1 Å². The molecule has 5 nitrogen and oxygen atoms in total. The molecule has 1 saturated heterocycles. The van der Waals surface area contributed by atoms with Gasteiger partial charge in [0.1, 0.15) is 0 Å². The molecular formula is C16H19NO4. The molecule has 1 heterocycles. The molecule has 21 heavy (non-hydrogen) atoms. The van der Waals surface area contributed by atoms with Gasteiger partial charge in [-0.05, 0) is 25.0 Å². The largest absolute Gasteiger partial charge is 0.481 e. The summed E-state index contributed by atoms with van der Waals surface area (Å²) in [6.45, 7) is 2.73. The standard InChI is InChI=1S/C16H19NO4/c1-2-14(18)11-3-5-12(6-4-11)15(19)17-9-7-13(8-10-17)16(20)21/h3-6,13H,2,7-10H2,1H3,(H,20,21). The van der Waals surface area contributed by atoms with Gasteiger partial charge in [-0.3, -0.25) is 14.4 Å². The van der Waals surface area contributed by atoms with Crippen LogP contribution in [0.3, 0.4) is 0 Å². The second kappa shape index (κ2) is 6.52. The molecule has 0 spiro atoms. The summed E-state index contributed by atoms with van der Waals surface area (Å²) in [5, 5.41) is 8.95. The highest BCUT2D eigenvalue weighted by atomic mass is 16.4. The molecule has 0 radical (unpaired) electrons. The van der Waals surface area contributed by atoms with Gasteiger partial charge >= 0.3 is 5.97 Å². The third-order valence-corrected chi connectivity index (χ3v) is 3.91. The first-order valence-electron chi connectivity index (χ1n) is 7.18. The van der Waals surface area contributed by atoms with Gasteiger partial charge < -0.3 is 10.0 Å². The number of hydrogen-bond acceptors (Lipinski definition) is 3. The number of carboxylic acid groups (broad SMARTS) is 1. The maximum atomic E-state index is 12.3. The van der Waals surface area contributed by atoms with E-state index in [1.807, 2.05) is 0 Å². The van der Waals surface area contributed by atoms with Crippen molar-refractivity contribution >= 4 is 17.7 Å². The van der Waals surface area contributed by atoms with Gasteiger partial charge in [-0.25, -0.2) is 0 Å². The molecule has 0 saturated carbocycles. The van der Waals surface area contributed by atoms with E-state index in [1.54, 1.807) is 36.1 Å². The number of benzene rings is 1. The molecule has 0 unspecified atom stereocenters. The van der Waals surface area contributed by atoms with Crippen LogP contribution in [0.1, 0.15) is 46.9 Å². The zero-order chi connectivity index (χ0) is 15.4. The zero-order valence-electron chi connectivity index (χ0n) is 12.0. The van der Waals surface area contributed by atoms with E-state index in [2.05, 4.69) is 0 Å². The lowest BCUT2D eigenvalue weighted by atomic mass is 9.96. The molecule has 2 rings (SSSR count). The van der Waals surface area contributed by atoms with Crippen molar-refractivity contribution in [2.45, 2.75) is 26.2 Å². The third kappa shape index (κ3) is 3.48. The van der Waals surface area contributed by atoms with Crippen LogP contribution in [0, 0.1) is 5.92 Å². The van der Waals surface area contributed by atoms with Crippen LogP contribution in [0.25, 0.3) is 0 Å². The number of piperidine rings is 1. The number of aliphatic carboxylic acids is 1. The Morgan fingerprint density at radius 3 is 2.10 bits per heavy atom. The van der Waals surface area contributed by atoms with Crippen molar-refractivity contribution in [1.29, 1.82) is 0 Å². The molecule has 0 aliphatic carbocycles. The van der Waals surface area contributed by atoms with Crippen LogP contribution in [0.4, 0.5) is 0 Å². The van der Waals surface area contributed by atoms with Crippen molar-refractivity contribution in [1.82, 2.24) is 4.90 Å². The van der Waals surface area contributed by atoms with Gasteiger partial charge in [0.2, 0.25) is 0 Å². The fourth-order valence-corrected chi connectivity index (χ4v) is 2.51. The number of hydrogen-bond donors (Lipinski definition) is 1. The molecule has 1 aromatic carbocycles. The second-order valence-corrected chi connectivity index (χ2v) is 5.26. The fraction of sp³-hybridized carbons (Fsp3) is 0.438. The summed E-state index contributed by atoms with van der Waals surface area (Å²) in [6.07, 6.45) is 1.43. The number of carbonyl (C=O) groups excluding carboxylic acids is 2. The Balaban J connectivity index is 2.01. The van der Waals surface area contributed by atoms with E-state index in [0.717, 1.165) is 0 Å². The summed E-state index contributed by atoms with van der Waals surface area (Å²) in [4.78, 5) is 36.4. The number of rotatable bonds is 4. The van der Waals surface area contributed by atoms with E-state index in [9.17, 15) is 14.4 Å². The lowest BCUT2D eigenvalue weighted by Gasteiger charge is -2.30. The molecule has 0 bridgehead atoms. The molecule has 0 aromatic heterocycles. The topological polar surface area (TPSA) is 74.7 Å². The molecule has 5 heteroatoms. The van der Waals surface area contributed by atoms with Crippen molar-refractivity contribution in [3.8, 4) is 0 Å². The fourth-order valence-electron chi connectivity index (χ4n) is 2.51. The van der Waals surface area contributed by atoms with Crippen LogP contribution in [-0.2, 0) is 4.79 Å². The van der Waals surface area contributed by atoms with E-state index in [-0.39, 0.29) is 17.6 Å². The normalized spacial score (nSPS) is 15.8. The number of ketones is 1. The van der Waals surface area contributed by atoms with Crippen LogP contribution in [0.2, 0.25) is 0 Å².